The zero-order chi connectivity index (χ0) is 19.5. The summed E-state index contributed by atoms with van der Waals surface area (Å²) >= 11 is 1.44. The molecule has 142 valence electrons. The number of esters is 1. The molecule has 0 fully saturated rings. The fourth-order valence-corrected chi connectivity index (χ4v) is 4.37. The quantitative estimate of drug-likeness (QED) is 0.625. The van der Waals surface area contributed by atoms with Crippen LogP contribution in [0.2, 0.25) is 0 Å². The zero-order valence-corrected chi connectivity index (χ0v) is 15.8. The molecule has 4 nitrogen and oxygen atoms in total. The molecule has 1 amide bonds. The molecule has 1 heterocycles. The van der Waals surface area contributed by atoms with Gasteiger partial charge < -0.3 is 10.1 Å². The van der Waals surface area contributed by atoms with Crippen molar-refractivity contribution >= 4 is 28.9 Å². The summed E-state index contributed by atoms with van der Waals surface area (Å²) in [6.45, 7) is 0. The van der Waals surface area contributed by atoms with E-state index in [1.807, 2.05) is 12.1 Å². The molecule has 1 N–H and O–H groups in total. The van der Waals surface area contributed by atoms with Crippen LogP contribution in [0.3, 0.4) is 0 Å². The van der Waals surface area contributed by atoms with Crippen LogP contribution in [0.1, 0.15) is 38.2 Å². The Kier molecular flexibility index (Phi) is 5.21. The maximum absolute atomic E-state index is 13.1. The van der Waals surface area contributed by atoms with Crippen LogP contribution in [-0.2, 0) is 22.4 Å². The second-order valence-corrected chi connectivity index (χ2v) is 7.74. The number of ether oxygens (including phenoxy) is 1. The molecule has 1 aromatic heterocycles. The largest absolute Gasteiger partial charge is 0.443 e. The maximum atomic E-state index is 13.1. The number of carbonyl (C=O) groups is 2. The van der Waals surface area contributed by atoms with Gasteiger partial charge in [0.1, 0.15) is 10.7 Å². The molecule has 0 aliphatic heterocycles. The van der Waals surface area contributed by atoms with Gasteiger partial charge in [-0.3, -0.25) is 4.79 Å². The molecule has 28 heavy (non-hydrogen) atoms. The molecule has 4 rings (SSSR count). The number of amides is 1. The number of anilines is 1. The number of aryl methyl sites for hydroxylation is 2. The molecule has 1 aliphatic carbocycles. The summed E-state index contributed by atoms with van der Waals surface area (Å²) in [5.41, 5.74) is 2.20. The Labute approximate surface area is 166 Å². The van der Waals surface area contributed by atoms with Gasteiger partial charge in [-0.15, -0.1) is 11.3 Å². The van der Waals surface area contributed by atoms with Gasteiger partial charge in [-0.05, 0) is 55.2 Å². The van der Waals surface area contributed by atoms with Crippen LogP contribution in [0, 0.1) is 5.82 Å². The Hall–Kier alpha value is -2.99. The number of benzene rings is 2. The minimum atomic E-state index is -1.10. The van der Waals surface area contributed by atoms with Crippen molar-refractivity contribution in [3.05, 3.63) is 87.4 Å². The van der Waals surface area contributed by atoms with Gasteiger partial charge in [-0.25, -0.2) is 9.18 Å². The van der Waals surface area contributed by atoms with Crippen LogP contribution >= 0.6 is 11.3 Å². The van der Waals surface area contributed by atoms with E-state index in [0.717, 1.165) is 19.3 Å². The lowest BCUT2D eigenvalue weighted by Gasteiger charge is -2.18. The van der Waals surface area contributed by atoms with E-state index in [-0.39, 0.29) is 0 Å². The predicted octanol–water partition coefficient (Wildman–Crippen LogP) is 4.91. The molecule has 0 bridgehead atoms. The molecule has 0 spiro atoms. The number of hydrogen-bond acceptors (Lipinski definition) is 4. The molecule has 0 unspecified atom stereocenters. The summed E-state index contributed by atoms with van der Waals surface area (Å²) in [5, 5.41) is 2.68. The van der Waals surface area contributed by atoms with Gasteiger partial charge in [0.05, 0.1) is 0 Å². The zero-order valence-electron chi connectivity index (χ0n) is 15.0. The van der Waals surface area contributed by atoms with E-state index in [9.17, 15) is 14.0 Å². The van der Waals surface area contributed by atoms with Gasteiger partial charge in [-0.1, -0.05) is 30.3 Å². The van der Waals surface area contributed by atoms with Crippen molar-refractivity contribution in [2.75, 3.05) is 5.32 Å². The fourth-order valence-electron chi connectivity index (χ4n) is 3.24. The SMILES string of the molecule is O=C(O[C@H](C(=O)Nc1ccc(F)cc1)c1ccccc1)c1cc2c(s1)CCC2. The Morgan fingerprint density at radius 3 is 2.50 bits per heavy atom. The van der Waals surface area contributed by atoms with E-state index >= 15 is 0 Å². The van der Waals surface area contributed by atoms with Gasteiger partial charge in [-0.2, -0.15) is 0 Å². The first kappa shape index (κ1) is 18.4. The van der Waals surface area contributed by atoms with Crippen LogP contribution < -0.4 is 5.32 Å². The Morgan fingerprint density at radius 1 is 1.04 bits per heavy atom. The van der Waals surface area contributed by atoms with Crippen LogP contribution in [0.15, 0.2) is 60.7 Å². The first-order valence-electron chi connectivity index (χ1n) is 9.04. The maximum Gasteiger partial charge on any atom is 0.349 e. The van der Waals surface area contributed by atoms with Crippen molar-refractivity contribution in [2.45, 2.75) is 25.4 Å². The number of rotatable bonds is 5. The average molecular weight is 395 g/mol. The second kappa shape index (κ2) is 7.94. The lowest BCUT2D eigenvalue weighted by atomic mass is 10.1. The third-order valence-electron chi connectivity index (χ3n) is 4.62. The number of carbonyl (C=O) groups excluding carboxylic acids is 2. The van der Waals surface area contributed by atoms with Crippen molar-refractivity contribution in [3.8, 4) is 0 Å². The van der Waals surface area contributed by atoms with Crippen molar-refractivity contribution in [3.63, 3.8) is 0 Å². The van der Waals surface area contributed by atoms with Gasteiger partial charge in [0, 0.05) is 16.1 Å². The first-order chi connectivity index (χ1) is 13.6. The third-order valence-corrected chi connectivity index (χ3v) is 5.84. The molecule has 2 aromatic carbocycles. The smallest absolute Gasteiger partial charge is 0.349 e. The first-order valence-corrected chi connectivity index (χ1v) is 9.86. The molecule has 1 atom stereocenters. The van der Waals surface area contributed by atoms with Crippen LogP contribution in [0.4, 0.5) is 10.1 Å². The molecule has 0 radical (unpaired) electrons. The van der Waals surface area contributed by atoms with E-state index in [4.69, 9.17) is 4.74 Å². The standard InChI is InChI=1S/C22H18FNO3S/c23-16-9-11-17(12-10-16)24-21(25)20(14-5-2-1-3-6-14)27-22(26)19-13-15-7-4-8-18(15)28-19/h1-3,5-6,9-13,20H,4,7-8H2,(H,24,25)/t20-/m0/s1. The van der Waals surface area contributed by atoms with Crippen molar-refractivity contribution in [1.82, 2.24) is 0 Å². The number of hydrogen-bond donors (Lipinski definition) is 1. The summed E-state index contributed by atoms with van der Waals surface area (Å²) in [7, 11) is 0. The summed E-state index contributed by atoms with van der Waals surface area (Å²) in [4.78, 5) is 27.3. The van der Waals surface area contributed by atoms with Gasteiger partial charge in [0.25, 0.3) is 5.91 Å². The van der Waals surface area contributed by atoms with E-state index in [1.165, 1.54) is 46.0 Å². The van der Waals surface area contributed by atoms with Gasteiger partial charge >= 0.3 is 5.97 Å². The van der Waals surface area contributed by atoms with Gasteiger partial charge in [0.2, 0.25) is 6.10 Å². The Balaban J connectivity index is 1.55. The van der Waals surface area contributed by atoms with Crippen molar-refractivity contribution in [2.24, 2.45) is 0 Å². The third kappa shape index (κ3) is 3.97. The van der Waals surface area contributed by atoms with Crippen LogP contribution in [-0.4, -0.2) is 11.9 Å². The van der Waals surface area contributed by atoms with Crippen molar-refractivity contribution in [1.29, 1.82) is 0 Å². The number of thiophene rings is 1. The fraction of sp³-hybridized carbons (Fsp3) is 0.182. The topological polar surface area (TPSA) is 55.4 Å². The number of halogens is 1. The highest BCUT2D eigenvalue weighted by atomic mass is 32.1. The summed E-state index contributed by atoms with van der Waals surface area (Å²) < 4.78 is 18.7. The van der Waals surface area contributed by atoms with E-state index in [1.54, 1.807) is 24.3 Å². The predicted molar refractivity (Wildman–Crippen MR) is 106 cm³/mol. The summed E-state index contributed by atoms with van der Waals surface area (Å²) in [6, 6.07) is 16.1. The van der Waals surface area contributed by atoms with E-state index in [0.29, 0.717) is 16.1 Å². The highest BCUT2D eigenvalue weighted by Crippen LogP contribution is 2.32. The second-order valence-electron chi connectivity index (χ2n) is 6.60. The molecular weight excluding hydrogens is 377 g/mol. The lowest BCUT2D eigenvalue weighted by molar-refractivity contribution is -0.125. The Bertz CT molecular complexity index is 977. The van der Waals surface area contributed by atoms with Crippen LogP contribution in [0.5, 0.6) is 0 Å². The van der Waals surface area contributed by atoms with Crippen molar-refractivity contribution < 1.29 is 18.7 Å². The highest BCUT2D eigenvalue weighted by molar-refractivity contribution is 7.14. The number of nitrogens with one attached hydrogen (secondary N) is 1. The normalized spacial score (nSPS) is 13.6. The monoisotopic (exact) mass is 395 g/mol. The molecule has 3 aromatic rings. The summed E-state index contributed by atoms with van der Waals surface area (Å²) in [5.74, 6) is -1.40. The van der Waals surface area contributed by atoms with Gasteiger partial charge in [0.15, 0.2) is 0 Å². The Morgan fingerprint density at radius 2 is 1.79 bits per heavy atom. The molecule has 1 aliphatic rings. The lowest BCUT2D eigenvalue weighted by Crippen LogP contribution is -2.25. The van der Waals surface area contributed by atoms with E-state index in [2.05, 4.69) is 5.32 Å². The van der Waals surface area contributed by atoms with E-state index < -0.39 is 23.8 Å². The average Bonchev–Trinajstić information content (AvgIpc) is 3.30. The number of fused-ring (bicyclic) bond motifs is 1. The molecule has 0 saturated heterocycles. The summed E-state index contributed by atoms with van der Waals surface area (Å²) in [6.07, 6.45) is 1.98. The minimum Gasteiger partial charge on any atom is -0.443 e. The molecule has 0 saturated carbocycles. The molecular formula is C22H18FNO3S. The minimum absolute atomic E-state index is 0.394. The van der Waals surface area contributed by atoms with Crippen LogP contribution in [0.25, 0.3) is 0 Å². The molecule has 6 heteroatoms. The highest BCUT2D eigenvalue weighted by Gasteiger charge is 2.27.